The van der Waals surface area contributed by atoms with Gasteiger partial charge in [-0.25, -0.2) is 22.2 Å². The SMILES string of the molecule is Cc1csc(NS(=O)(=O)c2cc(CN)cc(F)c2F)n1. The third kappa shape index (κ3) is 2.94. The van der Waals surface area contributed by atoms with Gasteiger partial charge in [-0.05, 0) is 24.6 Å². The van der Waals surface area contributed by atoms with Crippen LogP contribution in [0.1, 0.15) is 11.3 Å². The Morgan fingerprint density at radius 3 is 2.65 bits per heavy atom. The second kappa shape index (κ2) is 5.43. The summed E-state index contributed by atoms with van der Waals surface area (Å²) in [5.74, 6) is -2.70. The highest BCUT2D eigenvalue weighted by molar-refractivity contribution is 7.93. The van der Waals surface area contributed by atoms with Gasteiger partial charge in [0.15, 0.2) is 16.8 Å². The zero-order valence-corrected chi connectivity index (χ0v) is 12.0. The maximum atomic E-state index is 13.7. The van der Waals surface area contributed by atoms with Crippen molar-refractivity contribution in [2.45, 2.75) is 18.4 Å². The van der Waals surface area contributed by atoms with Crippen molar-refractivity contribution in [3.63, 3.8) is 0 Å². The van der Waals surface area contributed by atoms with Gasteiger partial charge < -0.3 is 5.73 Å². The molecule has 108 valence electrons. The van der Waals surface area contributed by atoms with E-state index in [-0.39, 0.29) is 17.2 Å². The first-order valence-corrected chi connectivity index (χ1v) is 7.82. The molecular weight excluding hydrogens is 308 g/mol. The van der Waals surface area contributed by atoms with Crippen molar-refractivity contribution in [1.29, 1.82) is 0 Å². The lowest BCUT2D eigenvalue weighted by Crippen LogP contribution is -2.16. The van der Waals surface area contributed by atoms with E-state index in [4.69, 9.17) is 5.73 Å². The first-order valence-electron chi connectivity index (χ1n) is 5.46. The molecule has 0 atom stereocenters. The second-order valence-corrected chi connectivity index (χ2v) is 6.50. The number of nitrogens with one attached hydrogen (secondary N) is 1. The molecule has 0 aliphatic rings. The summed E-state index contributed by atoms with van der Waals surface area (Å²) in [5.41, 5.74) is 6.12. The zero-order valence-electron chi connectivity index (χ0n) is 10.4. The standard InChI is InChI=1S/C11H11F2N3O2S2/c1-6-5-19-11(15-6)16-20(17,18)9-3-7(4-14)2-8(12)10(9)13/h2-3,5H,4,14H2,1H3,(H,15,16). The van der Waals surface area contributed by atoms with Gasteiger partial charge in [-0.2, -0.15) is 0 Å². The quantitative estimate of drug-likeness (QED) is 0.902. The normalized spacial score (nSPS) is 11.6. The predicted octanol–water partition coefficient (Wildman–Crippen LogP) is 1.99. The highest BCUT2D eigenvalue weighted by Gasteiger charge is 2.23. The summed E-state index contributed by atoms with van der Waals surface area (Å²) in [6.45, 7) is 1.58. The molecule has 0 unspecified atom stereocenters. The molecule has 0 radical (unpaired) electrons. The number of nitrogens with two attached hydrogens (primary N) is 1. The summed E-state index contributed by atoms with van der Waals surface area (Å²) in [6, 6.07) is 1.86. The summed E-state index contributed by atoms with van der Waals surface area (Å²) in [7, 11) is -4.26. The van der Waals surface area contributed by atoms with Gasteiger partial charge in [0, 0.05) is 11.9 Å². The number of aryl methyl sites for hydroxylation is 1. The summed E-state index contributed by atoms with van der Waals surface area (Å²) >= 11 is 1.05. The van der Waals surface area contributed by atoms with Crippen LogP contribution in [0.4, 0.5) is 13.9 Å². The van der Waals surface area contributed by atoms with Crippen LogP contribution in [-0.4, -0.2) is 13.4 Å². The van der Waals surface area contributed by atoms with Gasteiger partial charge in [0.2, 0.25) is 0 Å². The zero-order chi connectivity index (χ0) is 14.9. The Balaban J connectivity index is 2.46. The molecule has 0 spiro atoms. The lowest BCUT2D eigenvalue weighted by molar-refractivity contribution is 0.483. The van der Waals surface area contributed by atoms with E-state index in [1.54, 1.807) is 12.3 Å². The van der Waals surface area contributed by atoms with E-state index < -0.39 is 26.6 Å². The summed E-state index contributed by atoms with van der Waals surface area (Å²) in [4.78, 5) is 3.12. The van der Waals surface area contributed by atoms with Crippen molar-refractivity contribution < 1.29 is 17.2 Å². The lowest BCUT2D eigenvalue weighted by Gasteiger charge is -2.08. The van der Waals surface area contributed by atoms with Crippen molar-refractivity contribution in [2.24, 2.45) is 5.73 Å². The van der Waals surface area contributed by atoms with Crippen LogP contribution in [0, 0.1) is 18.6 Å². The second-order valence-electron chi connectivity index (χ2n) is 3.99. The van der Waals surface area contributed by atoms with Crippen LogP contribution in [-0.2, 0) is 16.6 Å². The van der Waals surface area contributed by atoms with Crippen LogP contribution in [0.2, 0.25) is 0 Å². The minimum atomic E-state index is -4.26. The molecule has 0 aliphatic carbocycles. The molecule has 20 heavy (non-hydrogen) atoms. The average molecular weight is 319 g/mol. The molecule has 0 amide bonds. The number of thiazole rings is 1. The molecular formula is C11H11F2N3O2S2. The molecule has 0 saturated heterocycles. The first-order chi connectivity index (χ1) is 9.33. The highest BCUT2D eigenvalue weighted by Crippen LogP contribution is 2.24. The van der Waals surface area contributed by atoms with Crippen molar-refractivity contribution in [3.8, 4) is 0 Å². The third-order valence-corrected chi connectivity index (χ3v) is 4.76. The van der Waals surface area contributed by atoms with E-state index in [2.05, 4.69) is 9.71 Å². The van der Waals surface area contributed by atoms with E-state index in [0.29, 0.717) is 5.69 Å². The molecule has 3 N–H and O–H groups in total. The Kier molecular flexibility index (Phi) is 4.02. The molecule has 0 fully saturated rings. The molecule has 0 bridgehead atoms. The summed E-state index contributed by atoms with van der Waals surface area (Å²) in [6.07, 6.45) is 0. The number of hydrogen-bond donors (Lipinski definition) is 2. The van der Waals surface area contributed by atoms with Crippen LogP contribution in [0.15, 0.2) is 22.4 Å². The van der Waals surface area contributed by atoms with E-state index >= 15 is 0 Å². The number of hydrogen-bond acceptors (Lipinski definition) is 5. The van der Waals surface area contributed by atoms with Crippen LogP contribution >= 0.6 is 11.3 Å². The molecule has 1 aromatic carbocycles. The Labute approximate surface area is 118 Å². The van der Waals surface area contributed by atoms with Crippen molar-refractivity contribution in [1.82, 2.24) is 4.98 Å². The maximum Gasteiger partial charge on any atom is 0.266 e. The molecule has 0 saturated carbocycles. The van der Waals surface area contributed by atoms with Gasteiger partial charge in [-0.3, -0.25) is 4.72 Å². The molecule has 1 aromatic heterocycles. The van der Waals surface area contributed by atoms with Crippen LogP contribution in [0.5, 0.6) is 0 Å². The molecule has 1 heterocycles. The molecule has 0 aliphatic heterocycles. The predicted molar refractivity (Wildman–Crippen MR) is 71.9 cm³/mol. The number of benzene rings is 1. The van der Waals surface area contributed by atoms with Gasteiger partial charge in [-0.15, -0.1) is 11.3 Å². The minimum Gasteiger partial charge on any atom is -0.326 e. The monoisotopic (exact) mass is 319 g/mol. The number of anilines is 1. The fourth-order valence-corrected chi connectivity index (χ4v) is 3.58. The highest BCUT2D eigenvalue weighted by atomic mass is 32.2. The number of rotatable bonds is 4. The van der Waals surface area contributed by atoms with Crippen LogP contribution in [0.3, 0.4) is 0 Å². The Bertz CT molecular complexity index is 744. The van der Waals surface area contributed by atoms with E-state index in [9.17, 15) is 17.2 Å². The lowest BCUT2D eigenvalue weighted by atomic mass is 10.2. The van der Waals surface area contributed by atoms with Crippen LogP contribution in [0.25, 0.3) is 0 Å². The average Bonchev–Trinajstić information content (AvgIpc) is 2.76. The van der Waals surface area contributed by atoms with Gasteiger partial charge in [0.25, 0.3) is 10.0 Å². The van der Waals surface area contributed by atoms with E-state index in [1.165, 1.54) is 0 Å². The summed E-state index contributed by atoms with van der Waals surface area (Å²) < 4.78 is 53.3. The van der Waals surface area contributed by atoms with Crippen molar-refractivity contribution in [3.05, 3.63) is 40.4 Å². The van der Waals surface area contributed by atoms with Crippen molar-refractivity contribution >= 4 is 26.5 Å². The number of halogens is 2. The van der Waals surface area contributed by atoms with Gasteiger partial charge in [-0.1, -0.05) is 0 Å². The molecule has 5 nitrogen and oxygen atoms in total. The van der Waals surface area contributed by atoms with E-state index in [1.807, 2.05) is 0 Å². The van der Waals surface area contributed by atoms with E-state index in [0.717, 1.165) is 23.5 Å². The number of nitrogens with zero attached hydrogens (tertiary/aromatic N) is 1. The molecule has 2 aromatic rings. The summed E-state index contributed by atoms with van der Waals surface area (Å²) in [5, 5.41) is 1.71. The van der Waals surface area contributed by atoms with Gasteiger partial charge in [0.1, 0.15) is 4.90 Å². The number of sulfonamides is 1. The minimum absolute atomic E-state index is 0.0838. The first kappa shape index (κ1) is 14.8. The third-order valence-electron chi connectivity index (χ3n) is 2.42. The molecule has 9 heteroatoms. The van der Waals surface area contributed by atoms with Gasteiger partial charge in [0.05, 0.1) is 5.69 Å². The largest absolute Gasteiger partial charge is 0.326 e. The molecule has 2 rings (SSSR count). The van der Waals surface area contributed by atoms with Crippen LogP contribution < -0.4 is 10.5 Å². The van der Waals surface area contributed by atoms with Crippen molar-refractivity contribution in [2.75, 3.05) is 4.72 Å². The fourth-order valence-electron chi connectivity index (χ4n) is 1.50. The number of aromatic nitrogens is 1. The fraction of sp³-hybridized carbons (Fsp3) is 0.182. The Morgan fingerprint density at radius 2 is 2.10 bits per heavy atom. The van der Waals surface area contributed by atoms with Gasteiger partial charge >= 0.3 is 0 Å². The topological polar surface area (TPSA) is 85.1 Å². The smallest absolute Gasteiger partial charge is 0.266 e. The Hall–Kier alpha value is -1.58. The maximum absolute atomic E-state index is 13.7. The Morgan fingerprint density at radius 1 is 1.40 bits per heavy atom.